The summed E-state index contributed by atoms with van der Waals surface area (Å²) in [6.07, 6.45) is 1.36. The van der Waals surface area contributed by atoms with E-state index in [4.69, 9.17) is 16.3 Å². The zero-order valence-corrected chi connectivity index (χ0v) is 16.2. The van der Waals surface area contributed by atoms with E-state index in [0.717, 1.165) is 4.47 Å². The first-order valence-electron chi connectivity index (χ1n) is 7.85. The van der Waals surface area contributed by atoms with Gasteiger partial charge in [0.15, 0.2) is 0 Å². The Kier molecular flexibility index (Phi) is 5.58. The molecule has 0 aliphatic heterocycles. The molecule has 0 bridgehead atoms. The fourth-order valence-electron chi connectivity index (χ4n) is 2.47. The van der Waals surface area contributed by atoms with E-state index in [9.17, 15) is 9.59 Å². The summed E-state index contributed by atoms with van der Waals surface area (Å²) < 4.78 is 7.51. The van der Waals surface area contributed by atoms with E-state index in [1.165, 1.54) is 10.9 Å². The predicted molar refractivity (Wildman–Crippen MR) is 105 cm³/mol. The van der Waals surface area contributed by atoms with Crippen molar-refractivity contribution >= 4 is 50.0 Å². The number of hydrogen-bond acceptors (Lipinski definition) is 4. The summed E-state index contributed by atoms with van der Waals surface area (Å²) >= 11 is 9.32. The molecule has 1 N–H and O–H groups in total. The molecule has 0 unspecified atom stereocenters. The number of carbonyl (C=O) groups is 1. The molecule has 6 nitrogen and oxygen atoms in total. The van der Waals surface area contributed by atoms with Crippen LogP contribution in [0, 0.1) is 0 Å². The van der Waals surface area contributed by atoms with Crippen LogP contribution in [-0.2, 0) is 11.3 Å². The van der Waals surface area contributed by atoms with E-state index in [2.05, 4.69) is 26.2 Å². The lowest BCUT2D eigenvalue weighted by Crippen LogP contribution is -2.28. The average molecular weight is 437 g/mol. The Morgan fingerprint density at radius 3 is 2.88 bits per heavy atom. The molecular formula is C18H15BrClN3O3. The van der Waals surface area contributed by atoms with Crippen molar-refractivity contribution in [3.8, 4) is 5.75 Å². The summed E-state index contributed by atoms with van der Waals surface area (Å²) in [6.45, 7) is 2.12. The van der Waals surface area contributed by atoms with Gasteiger partial charge in [0.2, 0.25) is 5.91 Å². The maximum Gasteiger partial charge on any atom is 0.261 e. The van der Waals surface area contributed by atoms with E-state index in [1.54, 1.807) is 36.4 Å². The third kappa shape index (κ3) is 4.05. The number of nitrogens with one attached hydrogen (secondary N) is 1. The number of anilines is 1. The van der Waals surface area contributed by atoms with Gasteiger partial charge in [-0.25, -0.2) is 4.98 Å². The summed E-state index contributed by atoms with van der Waals surface area (Å²) in [5, 5.41) is 3.63. The molecule has 0 radical (unpaired) electrons. The van der Waals surface area contributed by atoms with Gasteiger partial charge in [-0.05, 0) is 43.3 Å². The maximum absolute atomic E-state index is 12.6. The minimum atomic E-state index is -0.383. The second kappa shape index (κ2) is 7.88. The van der Waals surface area contributed by atoms with Crippen LogP contribution in [0.1, 0.15) is 6.92 Å². The lowest BCUT2D eigenvalue weighted by atomic mass is 10.2. The molecule has 3 aromatic rings. The molecule has 1 amide bonds. The highest BCUT2D eigenvalue weighted by Gasteiger charge is 2.12. The molecule has 0 aliphatic rings. The second-order valence-corrected chi connectivity index (χ2v) is 6.81. The Bertz CT molecular complexity index is 1040. The molecule has 134 valence electrons. The maximum atomic E-state index is 12.6. The number of benzene rings is 2. The van der Waals surface area contributed by atoms with Crippen molar-refractivity contribution in [2.45, 2.75) is 13.5 Å². The SMILES string of the molecule is CCOc1ccc(Cl)cc1NC(=O)Cn1cnc2ccc(Br)cc2c1=O. The van der Waals surface area contributed by atoms with Gasteiger partial charge in [-0.1, -0.05) is 27.5 Å². The number of nitrogens with zero attached hydrogens (tertiary/aromatic N) is 2. The molecule has 3 rings (SSSR count). The molecule has 0 atom stereocenters. The lowest BCUT2D eigenvalue weighted by Gasteiger charge is -2.12. The Morgan fingerprint density at radius 2 is 2.12 bits per heavy atom. The number of aromatic nitrogens is 2. The highest BCUT2D eigenvalue weighted by atomic mass is 79.9. The van der Waals surface area contributed by atoms with Crippen LogP contribution < -0.4 is 15.6 Å². The van der Waals surface area contributed by atoms with Crippen LogP contribution in [0.25, 0.3) is 10.9 Å². The number of rotatable bonds is 5. The average Bonchev–Trinajstić information content (AvgIpc) is 2.60. The molecule has 0 aliphatic carbocycles. The Labute approximate surface area is 162 Å². The van der Waals surface area contributed by atoms with Crippen molar-refractivity contribution in [3.63, 3.8) is 0 Å². The smallest absolute Gasteiger partial charge is 0.261 e. The van der Waals surface area contributed by atoms with Gasteiger partial charge in [-0.2, -0.15) is 0 Å². The first-order valence-corrected chi connectivity index (χ1v) is 9.02. The van der Waals surface area contributed by atoms with E-state index < -0.39 is 0 Å². The van der Waals surface area contributed by atoms with Gasteiger partial charge >= 0.3 is 0 Å². The first kappa shape index (κ1) is 18.4. The summed E-state index contributed by atoms with van der Waals surface area (Å²) in [4.78, 5) is 29.2. The molecule has 8 heteroatoms. The third-order valence-corrected chi connectivity index (χ3v) is 4.34. The highest BCUT2D eigenvalue weighted by Crippen LogP contribution is 2.28. The van der Waals surface area contributed by atoms with E-state index in [0.29, 0.717) is 34.0 Å². The van der Waals surface area contributed by atoms with Crippen LogP contribution in [-0.4, -0.2) is 22.1 Å². The third-order valence-electron chi connectivity index (χ3n) is 3.62. The number of halogens is 2. The zero-order valence-electron chi connectivity index (χ0n) is 13.8. The quantitative estimate of drug-likeness (QED) is 0.659. The molecule has 1 heterocycles. The second-order valence-electron chi connectivity index (χ2n) is 5.46. The number of fused-ring (bicyclic) bond motifs is 1. The number of carbonyl (C=O) groups excluding carboxylic acids is 1. The van der Waals surface area contributed by atoms with Crippen molar-refractivity contribution < 1.29 is 9.53 Å². The Hall–Kier alpha value is -2.38. The molecule has 2 aromatic carbocycles. The van der Waals surface area contributed by atoms with Crippen LogP contribution in [0.5, 0.6) is 5.75 Å². The van der Waals surface area contributed by atoms with Crippen molar-refractivity contribution in [1.82, 2.24) is 9.55 Å². The van der Waals surface area contributed by atoms with Crippen LogP contribution in [0.3, 0.4) is 0 Å². The number of amides is 1. The molecule has 0 spiro atoms. The molecule has 0 saturated carbocycles. The molecule has 0 saturated heterocycles. The van der Waals surface area contributed by atoms with Crippen molar-refractivity contribution in [1.29, 1.82) is 0 Å². The topological polar surface area (TPSA) is 73.2 Å². The predicted octanol–water partition coefficient (Wildman–Crippen LogP) is 3.85. The summed E-state index contributed by atoms with van der Waals surface area (Å²) in [7, 11) is 0. The van der Waals surface area contributed by atoms with Crippen LogP contribution in [0.4, 0.5) is 5.69 Å². The fraction of sp³-hybridized carbons (Fsp3) is 0.167. The van der Waals surface area contributed by atoms with Crippen molar-refractivity contribution in [2.24, 2.45) is 0 Å². The lowest BCUT2D eigenvalue weighted by molar-refractivity contribution is -0.116. The van der Waals surface area contributed by atoms with Gasteiger partial charge in [0.1, 0.15) is 12.3 Å². The standard InChI is InChI=1S/C18H15BrClN3O3/c1-2-26-16-6-4-12(20)8-15(16)22-17(24)9-23-10-21-14-5-3-11(19)7-13(14)18(23)25/h3-8,10H,2,9H2,1H3,(H,22,24). The van der Waals surface area contributed by atoms with Crippen LogP contribution >= 0.6 is 27.5 Å². The van der Waals surface area contributed by atoms with E-state index in [-0.39, 0.29) is 18.0 Å². The van der Waals surface area contributed by atoms with Gasteiger partial charge < -0.3 is 10.1 Å². The Morgan fingerprint density at radius 1 is 1.31 bits per heavy atom. The van der Waals surface area contributed by atoms with Crippen LogP contribution in [0.2, 0.25) is 5.02 Å². The van der Waals surface area contributed by atoms with E-state index >= 15 is 0 Å². The number of ether oxygens (including phenoxy) is 1. The Balaban J connectivity index is 1.85. The molecule has 26 heavy (non-hydrogen) atoms. The minimum absolute atomic E-state index is 0.174. The summed E-state index contributed by atoms with van der Waals surface area (Å²) in [5.74, 6) is 0.129. The number of hydrogen-bond donors (Lipinski definition) is 1. The molecule has 1 aromatic heterocycles. The van der Waals surface area contributed by atoms with Crippen molar-refractivity contribution in [3.05, 3.63) is 62.6 Å². The van der Waals surface area contributed by atoms with E-state index in [1.807, 2.05) is 6.92 Å². The largest absolute Gasteiger partial charge is 0.492 e. The van der Waals surface area contributed by atoms with Gasteiger partial charge in [-0.3, -0.25) is 14.2 Å². The fourth-order valence-corrected chi connectivity index (χ4v) is 3.00. The van der Waals surface area contributed by atoms with Gasteiger partial charge in [0, 0.05) is 9.50 Å². The molecule has 0 fully saturated rings. The monoisotopic (exact) mass is 435 g/mol. The normalized spacial score (nSPS) is 10.7. The van der Waals surface area contributed by atoms with Gasteiger partial charge in [-0.15, -0.1) is 0 Å². The summed E-state index contributed by atoms with van der Waals surface area (Å²) in [5.41, 5.74) is 0.736. The van der Waals surface area contributed by atoms with Crippen LogP contribution in [0.15, 0.2) is 52.0 Å². The van der Waals surface area contributed by atoms with Crippen molar-refractivity contribution in [2.75, 3.05) is 11.9 Å². The van der Waals surface area contributed by atoms with Gasteiger partial charge in [0.25, 0.3) is 5.56 Å². The van der Waals surface area contributed by atoms with Gasteiger partial charge in [0.05, 0.1) is 29.5 Å². The zero-order chi connectivity index (χ0) is 18.7. The molecular weight excluding hydrogens is 422 g/mol. The first-order chi connectivity index (χ1) is 12.5. The highest BCUT2D eigenvalue weighted by molar-refractivity contribution is 9.10. The minimum Gasteiger partial charge on any atom is -0.492 e. The summed E-state index contributed by atoms with van der Waals surface area (Å²) in [6, 6.07) is 10.2.